The standard InChI is InChI=1S/C18H20N2O4S/c1-7-8-24-18-15(10-19-20(18)5)16(21)14-9-11(2)17(25(6,22)23)13(4)12(14)3/h1,9-10H,8H2,2-6H3. The summed E-state index contributed by atoms with van der Waals surface area (Å²) in [5.74, 6) is 2.35. The number of nitrogens with zero attached hydrogens (tertiary/aromatic N) is 2. The van der Waals surface area contributed by atoms with E-state index in [9.17, 15) is 13.2 Å². The summed E-state index contributed by atoms with van der Waals surface area (Å²) in [5.41, 5.74) is 2.42. The minimum absolute atomic E-state index is 0.0177. The summed E-state index contributed by atoms with van der Waals surface area (Å²) in [6.07, 6.45) is 7.79. The molecule has 6 nitrogen and oxygen atoms in total. The van der Waals surface area contributed by atoms with Crippen molar-refractivity contribution in [1.82, 2.24) is 9.78 Å². The van der Waals surface area contributed by atoms with Crippen molar-refractivity contribution in [3.8, 4) is 18.2 Å². The number of sulfone groups is 1. The maximum absolute atomic E-state index is 13.0. The van der Waals surface area contributed by atoms with Gasteiger partial charge in [0.05, 0.1) is 11.1 Å². The highest BCUT2D eigenvalue weighted by molar-refractivity contribution is 7.90. The van der Waals surface area contributed by atoms with E-state index >= 15 is 0 Å². The zero-order valence-electron chi connectivity index (χ0n) is 14.9. The van der Waals surface area contributed by atoms with Gasteiger partial charge in [-0.05, 0) is 43.5 Å². The van der Waals surface area contributed by atoms with E-state index in [1.807, 2.05) is 0 Å². The lowest BCUT2D eigenvalue weighted by molar-refractivity contribution is 0.103. The number of hydrogen-bond acceptors (Lipinski definition) is 5. The number of ether oxygens (including phenoxy) is 1. The second kappa shape index (κ2) is 6.73. The van der Waals surface area contributed by atoms with Crippen molar-refractivity contribution in [2.24, 2.45) is 7.05 Å². The van der Waals surface area contributed by atoms with Crippen molar-refractivity contribution in [2.75, 3.05) is 12.9 Å². The first-order valence-corrected chi connectivity index (χ1v) is 9.42. The Kier molecular flexibility index (Phi) is 5.04. The fourth-order valence-electron chi connectivity index (χ4n) is 2.87. The van der Waals surface area contributed by atoms with Crippen molar-refractivity contribution >= 4 is 15.6 Å². The second-order valence-electron chi connectivity index (χ2n) is 5.90. The Morgan fingerprint density at radius 1 is 1.28 bits per heavy atom. The Hall–Kier alpha value is -2.59. The summed E-state index contributed by atoms with van der Waals surface area (Å²) >= 11 is 0. The number of hydrogen-bond donors (Lipinski definition) is 0. The first kappa shape index (κ1) is 18.7. The van der Waals surface area contributed by atoms with Gasteiger partial charge in [-0.1, -0.05) is 5.92 Å². The number of rotatable bonds is 5. The monoisotopic (exact) mass is 360 g/mol. The van der Waals surface area contributed by atoms with E-state index in [4.69, 9.17) is 11.2 Å². The van der Waals surface area contributed by atoms with Crippen molar-refractivity contribution < 1.29 is 17.9 Å². The lowest BCUT2D eigenvalue weighted by Crippen LogP contribution is -2.12. The molecule has 0 aliphatic heterocycles. The van der Waals surface area contributed by atoms with Gasteiger partial charge in [0.15, 0.2) is 22.2 Å². The van der Waals surface area contributed by atoms with E-state index in [2.05, 4.69) is 11.0 Å². The van der Waals surface area contributed by atoms with Crippen LogP contribution in [0.5, 0.6) is 5.88 Å². The molecule has 0 saturated heterocycles. The Labute approximate surface area is 147 Å². The molecule has 0 fully saturated rings. The molecule has 0 aliphatic carbocycles. The molecule has 132 valence electrons. The van der Waals surface area contributed by atoms with Crippen LogP contribution in [-0.4, -0.2) is 36.8 Å². The third-order valence-corrected chi connectivity index (χ3v) is 5.43. The van der Waals surface area contributed by atoms with E-state index in [0.29, 0.717) is 22.3 Å². The molecule has 1 aromatic carbocycles. The quantitative estimate of drug-likeness (QED) is 0.602. The highest BCUT2D eigenvalue weighted by atomic mass is 32.2. The van der Waals surface area contributed by atoms with Gasteiger partial charge < -0.3 is 4.74 Å². The summed E-state index contributed by atoms with van der Waals surface area (Å²) < 4.78 is 30.9. The Morgan fingerprint density at radius 3 is 2.48 bits per heavy atom. The summed E-state index contributed by atoms with van der Waals surface area (Å²) in [7, 11) is -1.73. The minimum atomic E-state index is -3.38. The number of ketones is 1. The fraction of sp³-hybridized carbons (Fsp3) is 0.333. The molecular formula is C18H20N2O4S. The molecule has 25 heavy (non-hydrogen) atoms. The summed E-state index contributed by atoms with van der Waals surface area (Å²) in [6.45, 7) is 5.13. The van der Waals surface area contributed by atoms with Gasteiger partial charge in [-0.3, -0.25) is 4.79 Å². The van der Waals surface area contributed by atoms with Crippen molar-refractivity contribution in [2.45, 2.75) is 25.7 Å². The van der Waals surface area contributed by atoms with Crippen LogP contribution in [0.2, 0.25) is 0 Å². The molecule has 1 heterocycles. The maximum Gasteiger partial charge on any atom is 0.224 e. The van der Waals surface area contributed by atoms with E-state index < -0.39 is 9.84 Å². The van der Waals surface area contributed by atoms with Crippen LogP contribution in [0, 0.1) is 33.1 Å². The van der Waals surface area contributed by atoms with Crippen molar-refractivity contribution in [3.63, 3.8) is 0 Å². The van der Waals surface area contributed by atoms with E-state index in [1.54, 1.807) is 33.9 Å². The van der Waals surface area contributed by atoms with Gasteiger partial charge in [0.25, 0.3) is 0 Å². The number of carbonyl (C=O) groups is 1. The second-order valence-corrected chi connectivity index (χ2v) is 7.85. The lowest BCUT2D eigenvalue weighted by atomic mass is 9.95. The first-order chi connectivity index (χ1) is 11.6. The van der Waals surface area contributed by atoms with Gasteiger partial charge in [-0.15, -0.1) is 6.42 Å². The third-order valence-electron chi connectivity index (χ3n) is 4.06. The Morgan fingerprint density at radius 2 is 1.92 bits per heavy atom. The molecule has 0 spiro atoms. The van der Waals surface area contributed by atoms with Gasteiger partial charge in [0.1, 0.15) is 5.56 Å². The molecule has 0 unspecified atom stereocenters. The molecule has 1 aromatic heterocycles. The molecular weight excluding hydrogens is 340 g/mol. The largest absolute Gasteiger partial charge is 0.464 e. The molecule has 0 saturated carbocycles. The highest BCUT2D eigenvalue weighted by Gasteiger charge is 2.25. The summed E-state index contributed by atoms with van der Waals surface area (Å²) in [4.78, 5) is 13.3. The van der Waals surface area contributed by atoms with E-state index in [0.717, 1.165) is 6.26 Å². The van der Waals surface area contributed by atoms with Crippen LogP contribution in [0.3, 0.4) is 0 Å². The summed E-state index contributed by atoms with van der Waals surface area (Å²) in [5, 5.41) is 4.05. The number of aromatic nitrogens is 2. The highest BCUT2D eigenvalue weighted by Crippen LogP contribution is 2.29. The first-order valence-electron chi connectivity index (χ1n) is 7.53. The average molecular weight is 360 g/mol. The van der Waals surface area contributed by atoms with Crippen molar-refractivity contribution in [1.29, 1.82) is 0 Å². The molecule has 0 atom stereocenters. The van der Waals surface area contributed by atoms with Crippen LogP contribution in [-0.2, 0) is 16.9 Å². The van der Waals surface area contributed by atoms with Crippen LogP contribution in [0.15, 0.2) is 17.2 Å². The molecule has 0 radical (unpaired) electrons. The molecule has 0 bridgehead atoms. The minimum Gasteiger partial charge on any atom is -0.464 e. The number of carbonyl (C=O) groups excluding carboxylic acids is 1. The predicted octanol–water partition coefficient (Wildman–Crippen LogP) is 1.99. The number of benzene rings is 1. The Balaban J connectivity index is 2.61. The molecule has 2 aromatic rings. The normalized spacial score (nSPS) is 11.2. The molecule has 7 heteroatoms. The lowest BCUT2D eigenvalue weighted by Gasteiger charge is -2.15. The molecule has 0 amide bonds. The molecule has 0 aliphatic rings. The third kappa shape index (κ3) is 3.44. The van der Waals surface area contributed by atoms with Crippen LogP contribution < -0.4 is 4.74 Å². The van der Waals surface area contributed by atoms with Gasteiger partial charge in [0.2, 0.25) is 5.88 Å². The maximum atomic E-state index is 13.0. The Bertz CT molecular complexity index is 995. The van der Waals surface area contributed by atoms with Crippen molar-refractivity contribution in [3.05, 3.63) is 40.1 Å². The van der Waals surface area contributed by atoms with Gasteiger partial charge in [-0.2, -0.15) is 5.10 Å². The number of terminal acetylenes is 1. The number of aryl methyl sites for hydroxylation is 2. The smallest absolute Gasteiger partial charge is 0.224 e. The van der Waals surface area contributed by atoms with E-state index in [1.165, 1.54) is 10.9 Å². The van der Waals surface area contributed by atoms with Crippen LogP contribution in [0.4, 0.5) is 0 Å². The van der Waals surface area contributed by atoms with Gasteiger partial charge in [-0.25, -0.2) is 13.1 Å². The topological polar surface area (TPSA) is 78.3 Å². The predicted molar refractivity (Wildman–Crippen MR) is 94.7 cm³/mol. The molecule has 2 rings (SSSR count). The fourth-order valence-corrected chi connectivity index (χ4v) is 4.23. The van der Waals surface area contributed by atoms with Crippen LogP contribution in [0.1, 0.15) is 32.6 Å². The average Bonchev–Trinajstić information content (AvgIpc) is 2.87. The SMILES string of the molecule is C#CCOc1c(C(=O)c2cc(C)c(S(C)(=O)=O)c(C)c2C)cnn1C. The zero-order valence-corrected chi connectivity index (χ0v) is 15.7. The van der Waals surface area contributed by atoms with Crippen LogP contribution in [0.25, 0.3) is 0 Å². The molecule has 0 N–H and O–H groups in total. The van der Waals surface area contributed by atoms with Crippen LogP contribution >= 0.6 is 0 Å². The van der Waals surface area contributed by atoms with E-state index in [-0.39, 0.29) is 28.7 Å². The zero-order chi connectivity index (χ0) is 18.9. The van der Waals surface area contributed by atoms with Gasteiger partial charge in [0, 0.05) is 18.9 Å². The summed E-state index contributed by atoms with van der Waals surface area (Å²) in [6, 6.07) is 1.60. The van der Waals surface area contributed by atoms with Gasteiger partial charge >= 0.3 is 0 Å².